The van der Waals surface area contributed by atoms with Gasteiger partial charge in [-0.3, -0.25) is 9.69 Å². The summed E-state index contributed by atoms with van der Waals surface area (Å²) in [7, 11) is 1.91. The van der Waals surface area contributed by atoms with Crippen molar-refractivity contribution in [1.29, 1.82) is 0 Å². The second-order valence-electron chi connectivity index (χ2n) is 4.27. The van der Waals surface area contributed by atoms with Gasteiger partial charge in [0.15, 0.2) is 0 Å². The maximum absolute atomic E-state index is 10.4. The number of carboxylic acids is 1. The number of carboxylic acid groups (broad SMARTS) is 1. The predicted octanol–water partition coefficient (Wildman–Crippen LogP) is 1.34. The molecule has 4 heteroatoms. The fourth-order valence-corrected chi connectivity index (χ4v) is 1.70. The van der Waals surface area contributed by atoms with Gasteiger partial charge in [0, 0.05) is 19.5 Å². The molecule has 0 spiro atoms. The van der Waals surface area contributed by atoms with Gasteiger partial charge in [-0.05, 0) is 19.0 Å². The van der Waals surface area contributed by atoms with E-state index in [4.69, 9.17) is 5.11 Å². The topological polar surface area (TPSA) is 60.8 Å². The van der Waals surface area contributed by atoms with Crippen molar-refractivity contribution in [3.8, 4) is 0 Å². The first-order chi connectivity index (χ1) is 8.08. The van der Waals surface area contributed by atoms with Crippen molar-refractivity contribution in [2.24, 2.45) is 0 Å². The summed E-state index contributed by atoms with van der Waals surface area (Å²) in [5.41, 5.74) is 1.18. The molecule has 1 aromatic rings. The molecule has 17 heavy (non-hydrogen) atoms. The molecule has 1 atom stereocenters. The standard InChI is InChI=1S/C13H19NO3/c1-14(9-11-5-3-2-4-6-11)10-12(15)7-8-13(16)17/h2-6,12,15H,7-10H2,1H3,(H,16,17). The highest BCUT2D eigenvalue weighted by Gasteiger charge is 2.10. The number of benzene rings is 1. The smallest absolute Gasteiger partial charge is 0.303 e. The molecular weight excluding hydrogens is 218 g/mol. The van der Waals surface area contributed by atoms with Crippen LogP contribution in [0.2, 0.25) is 0 Å². The summed E-state index contributed by atoms with van der Waals surface area (Å²) in [4.78, 5) is 12.3. The Morgan fingerprint density at radius 2 is 2.00 bits per heavy atom. The summed E-state index contributed by atoms with van der Waals surface area (Å²) in [5.74, 6) is -0.866. The number of nitrogens with zero attached hydrogens (tertiary/aromatic N) is 1. The van der Waals surface area contributed by atoms with Crippen molar-refractivity contribution in [2.75, 3.05) is 13.6 Å². The summed E-state index contributed by atoms with van der Waals surface area (Å²) in [6, 6.07) is 9.97. The fourth-order valence-electron chi connectivity index (χ4n) is 1.70. The molecule has 1 unspecified atom stereocenters. The van der Waals surface area contributed by atoms with Gasteiger partial charge in [-0.25, -0.2) is 0 Å². The van der Waals surface area contributed by atoms with Crippen LogP contribution in [0.1, 0.15) is 18.4 Å². The van der Waals surface area contributed by atoms with Gasteiger partial charge in [0.25, 0.3) is 0 Å². The number of aliphatic carboxylic acids is 1. The van der Waals surface area contributed by atoms with Crippen LogP contribution >= 0.6 is 0 Å². The van der Waals surface area contributed by atoms with Crippen LogP contribution in [0.5, 0.6) is 0 Å². The zero-order chi connectivity index (χ0) is 12.7. The third-order valence-corrected chi connectivity index (χ3v) is 2.51. The molecule has 1 aromatic carbocycles. The van der Waals surface area contributed by atoms with E-state index in [-0.39, 0.29) is 6.42 Å². The third-order valence-electron chi connectivity index (χ3n) is 2.51. The van der Waals surface area contributed by atoms with Crippen LogP contribution in [0, 0.1) is 0 Å². The number of rotatable bonds is 7. The van der Waals surface area contributed by atoms with Crippen molar-refractivity contribution >= 4 is 5.97 Å². The number of likely N-dealkylation sites (N-methyl/N-ethyl adjacent to an activating group) is 1. The first kappa shape index (κ1) is 13.7. The van der Waals surface area contributed by atoms with Crippen LogP contribution < -0.4 is 0 Å². The molecule has 0 aliphatic heterocycles. The number of hydrogen-bond acceptors (Lipinski definition) is 3. The van der Waals surface area contributed by atoms with Crippen LogP contribution in [-0.4, -0.2) is 40.8 Å². The minimum absolute atomic E-state index is 0.0142. The van der Waals surface area contributed by atoms with Crippen molar-refractivity contribution < 1.29 is 15.0 Å². The highest BCUT2D eigenvalue weighted by molar-refractivity contribution is 5.66. The highest BCUT2D eigenvalue weighted by Crippen LogP contribution is 2.05. The number of hydrogen-bond donors (Lipinski definition) is 2. The predicted molar refractivity (Wildman–Crippen MR) is 65.7 cm³/mol. The Morgan fingerprint density at radius 3 is 2.59 bits per heavy atom. The van der Waals surface area contributed by atoms with E-state index < -0.39 is 12.1 Å². The van der Waals surface area contributed by atoms with Crippen LogP contribution in [0.3, 0.4) is 0 Å². The van der Waals surface area contributed by atoms with E-state index in [9.17, 15) is 9.90 Å². The maximum atomic E-state index is 10.4. The lowest BCUT2D eigenvalue weighted by molar-refractivity contribution is -0.137. The summed E-state index contributed by atoms with van der Waals surface area (Å²) in [6.45, 7) is 1.24. The van der Waals surface area contributed by atoms with E-state index >= 15 is 0 Å². The molecule has 2 N–H and O–H groups in total. The fraction of sp³-hybridized carbons (Fsp3) is 0.462. The average molecular weight is 237 g/mol. The van der Waals surface area contributed by atoms with E-state index in [1.165, 1.54) is 5.56 Å². The van der Waals surface area contributed by atoms with E-state index in [1.807, 2.05) is 42.3 Å². The van der Waals surface area contributed by atoms with Gasteiger partial charge < -0.3 is 10.2 Å². The monoisotopic (exact) mass is 237 g/mol. The summed E-state index contributed by atoms with van der Waals surface area (Å²) in [6.07, 6.45) is -0.269. The Balaban J connectivity index is 2.29. The lowest BCUT2D eigenvalue weighted by Crippen LogP contribution is -2.29. The molecule has 94 valence electrons. The zero-order valence-electron chi connectivity index (χ0n) is 10.0. The third kappa shape index (κ3) is 6.04. The van der Waals surface area contributed by atoms with Gasteiger partial charge in [-0.2, -0.15) is 0 Å². The van der Waals surface area contributed by atoms with Crippen molar-refractivity contribution in [1.82, 2.24) is 4.90 Å². The first-order valence-corrected chi connectivity index (χ1v) is 5.70. The van der Waals surface area contributed by atoms with E-state index in [0.717, 1.165) is 6.54 Å². The number of aliphatic hydroxyl groups excluding tert-OH is 1. The lowest BCUT2D eigenvalue weighted by Gasteiger charge is -2.20. The summed E-state index contributed by atoms with van der Waals surface area (Å²) < 4.78 is 0. The van der Waals surface area contributed by atoms with Crippen LogP contribution in [0.15, 0.2) is 30.3 Å². The molecule has 0 saturated carbocycles. The van der Waals surface area contributed by atoms with Gasteiger partial charge in [0.2, 0.25) is 0 Å². The van der Waals surface area contributed by atoms with Gasteiger partial charge in [0.1, 0.15) is 0 Å². The molecule has 0 saturated heterocycles. The van der Waals surface area contributed by atoms with Crippen LogP contribution in [0.25, 0.3) is 0 Å². The summed E-state index contributed by atoms with van der Waals surface area (Å²) >= 11 is 0. The van der Waals surface area contributed by atoms with Crippen molar-refractivity contribution in [2.45, 2.75) is 25.5 Å². The van der Waals surface area contributed by atoms with Gasteiger partial charge in [0.05, 0.1) is 6.10 Å². The Bertz CT molecular complexity index is 340. The lowest BCUT2D eigenvalue weighted by atomic mass is 10.1. The minimum Gasteiger partial charge on any atom is -0.481 e. The Hall–Kier alpha value is -1.39. The normalized spacial score (nSPS) is 12.6. The molecule has 0 aromatic heterocycles. The molecule has 0 heterocycles. The minimum atomic E-state index is -0.866. The molecule has 0 radical (unpaired) electrons. The van der Waals surface area contributed by atoms with E-state index in [2.05, 4.69) is 0 Å². The Morgan fingerprint density at radius 1 is 1.35 bits per heavy atom. The largest absolute Gasteiger partial charge is 0.481 e. The molecule has 1 rings (SSSR count). The Kier molecular flexibility index (Phi) is 5.66. The molecule has 0 amide bonds. The quantitative estimate of drug-likeness (QED) is 0.751. The number of aliphatic hydroxyl groups is 1. The zero-order valence-corrected chi connectivity index (χ0v) is 10.0. The second-order valence-corrected chi connectivity index (χ2v) is 4.27. The van der Waals surface area contributed by atoms with Crippen LogP contribution in [-0.2, 0) is 11.3 Å². The van der Waals surface area contributed by atoms with Gasteiger partial charge in [-0.1, -0.05) is 30.3 Å². The molecule has 4 nitrogen and oxygen atoms in total. The average Bonchev–Trinajstić information content (AvgIpc) is 2.27. The van der Waals surface area contributed by atoms with Gasteiger partial charge in [-0.15, -0.1) is 0 Å². The Labute approximate surface area is 101 Å². The second kappa shape index (κ2) is 7.04. The molecular formula is C13H19NO3. The first-order valence-electron chi connectivity index (χ1n) is 5.70. The van der Waals surface area contributed by atoms with E-state index in [0.29, 0.717) is 13.0 Å². The molecule has 0 fully saturated rings. The van der Waals surface area contributed by atoms with Crippen molar-refractivity contribution in [3.63, 3.8) is 0 Å². The molecule has 0 bridgehead atoms. The summed E-state index contributed by atoms with van der Waals surface area (Å²) in [5, 5.41) is 18.1. The highest BCUT2D eigenvalue weighted by atomic mass is 16.4. The SMILES string of the molecule is CN(Cc1ccccc1)CC(O)CCC(=O)O. The van der Waals surface area contributed by atoms with Gasteiger partial charge >= 0.3 is 5.97 Å². The maximum Gasteiger partial charge on any atom is 0.303 e. The molecule has 0 aliphatic rings. The van der Waals surface area contributed by atoms with Crippen LogP contribution in [0.4, 0.5) is 0 Å². The van der Waals surface area contributed by atoms with E-state index in [1.54, 1.807) is 0 Å². The number of carbonyl (C=O) groups is 1. The van der Waals surface area contributed by atoms with Crippen molar-refractivity contribution in [3.05, 3.63) is 35.9 Å². The molecule has 0 aliphatic carbocycles.